The van der Waals surface area contributed by atoms with E-state index >= 15 is 0 Å². The normalized spacial score (nSPS) is 10.0. The van der Waals surface area contributed by atoms with Crippen molar-refractivity contribution in [1.29, 1.82) is 0 Å². The van der Waals surface area contributed by atoms with Crippen molar-refractivity contribution in [3.05, 3.63) is 35.4 Å². The Morgan fingerprint density at radius 1 is 1.24 bits per heavy atom. The van der Waals surface area contributed by atoms with E-state index < -0.39 is 5.91 Å². The largest absolute Gasteiger partial charge is 0.368 e. The number of amides is 2. The smallest absolute Gasteiger partial charge is 0.254 e. The minimum Gasteiger partial charge on any atom is -0.368 e. The average Bonchev–Trinajstić information content (AvgIpc) is 2.35. The third kappa shape index (κ3) is 3.57. The molecule has 92 valence electrons. The molecule has 1 aromatic rings. The van der Waals surface area contributed by atoms with Crippen molar-refractivity contribution < 1.29 is 9.59 Å². The SMILES string of the molecule is CCN(CC(N)=O)C(=O)c1ccc(CN)cc1. The van der Waals surface area contributed by atoms with Crippen LogP contribution in [0.3, 0.4) is 0 Å². The van der Waals surface area contributed by atoms with Gasteiger partial charge in [0.2, 0.25) is 5.91 Å². The molecule has 0 aliphatic carbocycles. The Labute approximate surface area is 100 Å². The maximum atomic E-state index is 12.0. The number of carbonyl (C=O) groups excluding carboxylic acids is 2. The third-order valence-electron chi connectivity index (χ3n) is 2.45. The number of carbonyl (C=O) groups is 2. The number of likely N-dealkylation sites (N-methyl/N-ethyl adjacent to an activating group) is 1. The van der Waals surface area contributed by atoms with Gasteiger partial charge in [0.25, 0.3) is 5.91 Å². The van der Waals surface area contributed by atoms with Gasteiger partial charge in [0.15, 0.2) is 0 Å². The molecule has 2 amide bonds. The second-order valence-electron chi connectivity index (χ2n) is 3.69. The first-order chi connectivity index (χ1) is 8.08. The van der Waals surface area contributed by atoms with Gasteiger partial charge in [0, 0.05) is 18.7 Å². The Kier molecular flexibility index (Phi) is 4.66. The molecule has 4 N–H and O–H groups in total. The van der Waals surface area contributed by atoms with Gasteiger partial charge in [-0.15, -0.1) is 0 Å². The molecule has 0 radical (unpaired) electrons. The van der Waals surface area contributed by atoms with Crippen molar-refractivity contribution in [2.45, 2.75) is 13.5 Å². The van der Waals surface area contributed by atoms with Gasteiger partial charge in [-0.05, 0) is 24.6 Å². The Balaban J connectivity index is 2.82. The van der Waals surface area contributed by atoms with E-state index in [1.54, 1.807) is 31.2 Å². The molecule has 0 spiro atoms. The minimum atomic E-state index is -0.515. The molecule has 17 heavy (non-hydrogen) atoms. The molecule has 5 nitrogen and oxygen atoms in total. The van der Waals surface area contributed by atoms with Gasteiger partial charge in [-0.25, -0.2) is 0 Å². The van der Waals surface area contributed by atoms with Crippen LogP contribution in [0.15, 0.2) is 24.3 Å². The van der Waals surface area contributed by atoms with Crippen LogP contribution < -0.4 is 11.5 Å². The highest BCUT2D eigenvalue weighted by atomic mass is 16.2. The number of nitrogens with zero attached hydrogens (tertiary/aromatic N) is 1. The molecular weight excluding hydrogens is 218 g/mol. The molecule has 0 aromatic heterocycles. The van der Waals surface area contributed by atoms with Crippen LogP contribution in [0.4, 0.5) is 0 Å². The third-order valence-corrected chi connectivity index (χ3v) is 2.45. The van der Waals surface area contributed by atoms with Crippen molar-refractivity contribution in [2.75, 3.05) is 13.1 Å². The molecule has 0 saturated carbocycles. The van der Waals surface area contributed by atoms with E-state index in [2.05, 4.69) is 0 Å². The number of nitrogens with two attached hydrogens (primary N) is 2. The fourth-order valence-electron chi connectivity index (χ4n) is 1.48. The van der Waals surface area contributed by atoms with Crippen molar-refractivity contribution in [3.8, 4) is 0 Å². The number of primary amides is 1. The lowest BCUT2D eigenvalue weighted by atomic mass is 10.1. The van der Waals surface area contributed by atoms with Crippen LogP contribution in [0, 0.1) is 0 Å². The monoisotopic (exact) mass is 235 g/mol. The van der Waals surface area contributed by atoms with Crippen molar-refractivity contribution >= 4 is 11.8 Å². The highest BCUT2D eigenvalue weighted by molar-refractivity contribution is 5.96. The second-order valence-corrected chi connectivity index (χ2v) is 3.69. The molecular formula is C12H17N3O2. The molecule has 0 aliphatic heterocycles. The summed E-state index contributed by atoms with van der Waals surface area (Å²) in [7, 11) is 0. The predicted molar refractivity (Wildman–Crippen MR) is 65.1 cm³/mol. The van der Waals surface area contributed by atoms with Crippen LogP contribution in [-0.4, -0.2) is 29.8 Å². The summed E-state index contributed by atoms with van der Waals surface area (Å²) >= 11 is 0. The lowest BCUT2D eigenvalue weighted by molar-refractivity contribution is -0.118. The molecule has 0 aliphatic rings. The van der Waals surface area contributed by atoms with Crippen LogP contribution >= 0.6 is 0 Å². The van der Waals surface area contributed by atoms with Crippen LogP contribution in [0.25, 0.3) is 0 Å². The molecule has 0 saturated heterocycles. The molecule has 0 bridgehead atoms. The van der Waals surface area contributed by atoms with Crippen LogP contribution in [0.1, 0.15) is 22.8 Å². The zero-order chi connectivity index (χ0) is 12.8. The molecule has 0 fully saturated rings. The zero-order valence-electron chi connectivity index (χ0n) is 9.85. The van der Waals surface area contributed by atoms with Crippen LogP contribution in [0.2, 0.25) is 0 Å². The summed E-state index contributed by atoms with van der Waals surface area (Å²) in [5, 5.41) is 0. The molecule has 0 atom stereocenters. The van der Waals surface area contributed by atoms with E-state index in [4.69, 9.17) is 11.5 Å². The first kappa shape index (κ1) is 13.2. The van der Waals surface area contributed by atoms with E-state index in [0.29, 0.717) is 18.7 Å². The van der Waals surface area contributed by atoms with E-state index in [1.165, 1.54) is 4.90 Å². The number of hydrogen-bond donors (Lipinski definition) is 2. The van der Waals surface area contributed by atoms with Crippen molar-refractivity contribution in [1.82, 2.24) is 4.90 Å². The van der Waals surface area contributed by atoms with Gasteiger partial charge in [-0.1, -0.05) is 12.1 Å². The molecule has 1 aromatic carbocycles. The van der Waals surface area contributed by atoms with Crippen molar-refractivity contribution in [3.63, 3.8) is 0 Å². The average molecular weight is 235 g/mol. The van der Waals surface area contributed by atoms with E-state index in [1.807, 2.05) is 0 Å². The molecule has 5 heteroatoms. The Bertz CT molecular complexity index is 401. The minimum absolute atomic E-state index is 0.0615. The van der Waals surface area contributed by atoms with E-state index in [0.717, 1.165) is 5.56 Å². The first-order valence-corrected chi connectivity index (χ1v) is 5.45. The maximum absolute atomic E-state index is 12.0. The standard InChI is InChI=1S/C12H17N3O2/c1-2-15(8-11(14)16)12(17)10-5-3-9(7-13)4-6-10/h3-6H,2,7-8,13H2,1H3,(H2,14,16). The summed E-state index contributed by atoms with van der Waals surface area (Å²) in [6, 6.07) is 7.00. The summed E-state index contributed by atoms with van der Waals surface area (Å²) in [6.45, 7) is 2.62. The lowest BCUT2D eigenvalue weighted by Crippen LogP contribution is -2.38. The Hall–Kier alpha value is -1.88. The van der Waals surface area contributed by atoms with Gasteiger partial charge in [-0.3, -0.25) is 9.59 Å². The fraction of sp³-hybridized carbons (Fsp3) is 0.333. The molecule has 0 heterocycles. The summed E-state index contributed by atoms with van der Waals surface area (Å²) in [5.41, 5.74) is 12.0. The number of benzene rings is 1. The highest BCUT2D eigenvalue weighted by Gasteiger charge is 2.15. The fourth-order valence-corrected chi connectivity index (χ4v) is 1.48. The molecule has 0 unspecified atom stereocenters. The highest BCUT2D eigenvalue weighted by Crippen LogP contribution is 2.07. The van der Waals surface area contributed by atoms with Gasteiger partial charge in [-0.2, -0.15) is 0 Å². The van der Waals surface area contributed by atoms with Crippen molar-refractivity contribution in [2.24, 2.45) is 11.5 Å². The maximum Gasteiger partial charge on any atom is 0.254 e. The topological polar surface area (TPSA) is 89.4 Å². The van der Waals surface area contributed by atoms with Crippen LogP contribution in [0.5, 0.6) is 0 Å². The summed E-state index contributed by atoms with van der Waals surface area (Å²) in [6.07, 6.45) is 0. The van der Waals surface area contributed by atoms with Crippen LogP contribution in [-0.2, 0) is 11.3 Å². The lowest BCUT2D eigenvalue weighted by Gasteiger charge is -2.19. The number of hydrogen-bond acceptors (Lipinski definition) is 3. The Morgan fingerprint density at radius 2 is 1.82 bits per heavy atom. The summed E-state index contributed by atoms with van der Waals surface area (Å²) in [5.74, 6) is -0.714. The van der Waals surface area contributed by atoms with Gasteiger partial charge < -0.3 is 16.4 Å². The van der Waals surface area contributed by atoms with E-state index in [-0.39, 0.29) is 12.5 Å². The first-order valence-electron chi connectivity index (χ1n) is 5.45. The Morgan fingerprint density at radius 3 is 2.24 bits per heavy atom. The quantitative estimate of drug-likeness (QED) is 0.758. The second kappa shape index (κ2) is 6.00. The van der Waals surface area contributed by atoms with E-state index in [9.17, 15) is 9.59 Å². The zero-order valence-corrected chi connectivity index (χ0v) is 9.85. The molecule has 1 rings (SSSR count). The van der Waals surface area contributed by atoms with Gasteiger partial charge >= 0.3 is 0 Å². The summed E-state index contributed by atoms with van der Waals surface area (Å²) in [4.78, 5) is 24.2. The van der Waals surface area contributed by atoms with Gasteiger partial charge in [0.1, 0.15) is 0 Å². The predicted octanol–water partition coefficient (Wildman–Crippen LogP) is 0.0927. The van der Waals surface area contributed by atoms with Gasteiger partial charge in [0.05, 0.1) is 6.54 Å². The number of rotatable bonds is 5. The summed E-state index contributed by atoms with van der Waals surface area (Å²) < 4.78 is 0.